The second-order valence-corrected chi connectivity index (χ2v) is 7.42. The molecule has 0 unspecified atom stereocenters. The average molecular weight is 385 g/mol. The van der Waals surface area contributed by atoms with Crippen molar-refractivity contribution in [2.75, 3.05) is 13.1 Å². The van der Waals surface area contributed by atoms with Crippen LogP contribution in [-0.4, -0.2) is 34.8 Å². The third kappa shape index (κ3) is 4.21. The van der Waals surface area contributed by atoms with Gasteiger partial charge in [-0.15, -0.1) is 0 Å². The Morgan fingerprint density at radius 3 is 1.90 bits per heavy atom. The minimum Gasteiger partial charge on any atom is -0.508 e. The van der Waals surface area contributed by atoms with Crippen molar-refractivity contribution < 1.29 is 14.7 Å². The summed E-state index contributed by atoms with van der Waals surface area (Å²) in [5.74, 6) is 0.175. The Bertz CT molecular complexity index is 987. The van der Waals surface area contributed by atoms with E-state index in [1.165, 1.54) is 12.1 Å². The molecule has 0 spiro atoms. The van der Waals surface area contributed by atoms with Gasteiger partial charge in [0.2, 0.25) is 0 Å². The molecule has 1 saturated heterocycles. The van der Waals surface area contributed by atoms with Crippen LogP contribution in [0.25, 0.3) is 11.1 Å². The summed E-state index contributed by atoms with van der Waals surface area (Å²) in [5, 5.41) is 9.38. The van der Waals surface area contributed by atoms with Gasteiger partial charge >= 0.3 is 0 Å². The highest BCUT2D eigenvalue weighted by molar-refractivity contribution is 5.98. The van der Waals surface area contributed by atoms with Gasteiger partial charge < -0.3 is 10.0 Å². The number of nitrogens with zero attached hydrogens (tertiary/aromatic N) is 1. The minimum atomic E-state index is -0.0796. The van der Waals surface area contributed by atoms with Gasteiger partial charge in [-0.1, -0.05) is 42.5 Å². The van der Waals surface area contributed by atoms with Crippen LogP contribution in [0, 0.1) is 5.92 Å². The molecule has 1 N–H and O–H groups in total. The van der Waals surface area contributed by atoms with Gasteiger partial charge in [-0.25, -0.2) is 0 Å². The van der Waals surface area contributed by atoms with E-state index in [1.807, 2.05) is 59.5 Å². The van der Waals surface area contributed by atoms with E-state index < -0.39 is 0 Å². The first-order valence-corrected chi connectivity index (χ1v) is 9.90. The molecule has 0 saturated carbocycles. The van der Waals surface area contributed by atoms with Gasteiger partial charge in [0.15, 0.2) is 5.78 Å². The Balaban J connectivity index is 1.37. The number of likely N-dealkylation sites (tertiary alicyclic amines) is 1. The number of benzene rings is 3. The standard InChI is InChI=1S/C25H23NO3/c27-23-12-10-20(11-13-23)24(28)21-14-16-26(17-15-21)25(29)22-8-6-19(7-9-22)18-4-2-1-3-5-18/h1-13,21,27H,14-17H2. The molecular weight excluding hydrogens is 362 g/mol. The summed E-state index contributed by atoms with van der Waals surface area (Å²) in [6.45, 7) is 1.15. The van der Waals surface area contributed by atoms with Crippen LogP contribution in [-0.2, 0) is 0 Å². The van der Waals surface area contributed by atoms with Crippen LogP contribution in [0.1, 0.15) is 33.6 Å². The molecule has 3 aromatic rings. The summed E-state index contributed by atoms with van der Waals surface area (Å²) in [7, 11) is 0. The molecule has 1 amide bonds. The molecule has 1 aliphatic heterocycles. The van der Waals surface area contributed by atoms with Crippen LogP contribution in [0.3, 0.4) is 0 Å². The van der Waals surface area contributed by atoms with Gasteiger partial charge in [-0.05, 0) is 60.4 Å². The van der Waals surface area contributed by atoms with Gasteiger partial charge in [-0.2, -0.15) is 0 Å². The summed E-state index contributed by atoms with van der Waals surface area (Å²) >= 11 is 0. The van der Waals surface area contributed by atoms with Crippen molar-refractivity contribution in [2.45, 2.75) is 12.8 Å². The lowest BCUT2D eigenvalue weighted by molar-refractivity contribution is 0.0650. The number of carbonyl (C=O) groups is 2. The predicted molar refractivity (Wildman–Crippen MR) is 113 cm³/mol. The van der Waals surface area contributed by atoms with Crippen molar-refractivity contribution in [3.05, 3.63) is 90.0 Å². The van der Waals surface area contributed by atoms with E-state index in [1.54, 1.807) is 12.1 Å². The predicted octanol–water partition coefficient (Wildman–Crippen LogP) is 4.79. The lowest BCUT2D eigenvalue weighted by atomic mass is 9.88. The molecule has 0 atom stereocenters. The second-order valence-electron chi connectivity index (χ2n) is 7.42. The van der Waals surface area contributed by atoms with E-state index in [9.17, 15) is 14.7 Å². The van der Waals surface area contributed by atoms with Crippen molar-refractivity contribution in [1.82, 2.24) is 4.90 Å². The van der Waals surface area contributed by atoms with E-state index >= 15 is 0 Å². The van der Waals surface area contributed by atoms with Crippen molar-refractivity contribution in [3.63, 3.8) is 0 Å². The van der Waals surface area contributed by atoms with Gasteiger partial charge in [0.05, 0.1) is 0 Å². The zero-order valence-corrected chi connectivity index (χ0v) is 16.1. The van der Waals surface area contributed by atoms with Crippen LogP contribution >= 0.6 is 0 Å². The molecular formula is C25H23NO3. The first kappa shape index (κ1) is 18.9. The number of carbonyl (C=O) groups excluding carboxylic acids is 2. The fourth-order valence-corrected chi connectivity index (χ4v) is 3.82. The number of hydrogen-bond donors (Lipinski definition) is 1. The molecule has 0 bridgehead atoms. The summed E-state index contributed by atoms with van der Waals surface area (Å²) in [6.07, 6.45) is 1.32. The maximum Gasteiger partial charge on any atom is 0.253 e. The van der Waals surface area contributed by atoms with Gasteiger partial charge in [0.1, 0.15) is 5.75 Å². The average Bonchev–Trinajstić information content (AvgIpc) is 2.79. The Labute approximate surface area is 170 Å². The summed E-state index contributed by atoms with van der Waals surface area (Å²) in [6, 6.07) is 24.2. The number of phenols is 1. The maximum absolute atomic E-state index is 12.8. The third-order valence-corrected chi connectivity index (χ3v) is 5.54. The van der Waals surface area contributed by atoms with Gasteiger partial charge in [-0.3, -0.25) is 9.59 Å². The third-order valence-electron chi connectivity index (χ3n) is 5.54. The Hall–Kier alpha value is -3.40. The molecule has 29 heavy (non-hydrogen) atoms. The van der Waals surface area contributed by atoms with Crippen molar-refractivity contribution in [1.29, 1.82) is 0 Å². The van der Waals surface area contributed by atoms with E-state index in [-0.39, 0.29) is 23.4 Å². The van der Waals surface area contributed by atoms with Gasteiger partial charge in [0.25, 0.3) is 5.91 Å². The molecule has 1 heterocycles. The molecule has 0 aromatic heterocycles. The molecule has 146 valence electrons. The van der Waals surface area contributed by atoms with Crippen LogP contribution in [0.15, 0.2) is 78.9 Å². The number of aromatic hydroxyl groups is 1. The van der Waals surface area contributed by atoms with Crippen molar-refractivity contribution in [3.8, 4) is 16.9 Å². The number of ketones is 1. The molecule has 4 heteroatoms. The molecule has 0 aliphatic carbocycles. The molecule has 1 fully saturated rings. The van der Waals surface area contributed by atoms with E-state index in [0.29, 0.717) is 37.1 Å². The van der Waals surface area contributed by atoms with Crippen LogP contribution < -0.4 is 0 Å². The van der Waals surface area contributed by atoms with Crippen molar-refractivity contribution >= 4 is 11.7 Å². The highest BCUT2D eigenvalue weighted by atomic mass is 16.3. The lowest BCUT2D eigenvalue weighted by Gasteiger charge is -2.31. The lowest BCUT2D eigenvalue weighted by Crippen LogP contribution is -2.40. The zero-order chi connectivity index (χ0) is 20.2. The smallest absolute Gasteiger partial charge is 0.253 e. The summed E-state index contributed by atoms with van der Waals surface area (Å²) in [4.78, 5) is 27.3. The highest BCUT2D eigenvalue weighted by Gasteiger charge is 2.28. The normalized spacial score (nSPS) is 14.6. The van der Waals surface area contributed by atoms with E-state index in [0.717, 1.165) is 11.1 Å². The van der Waals surface area contributed by atoms with Crippen molar-refractivity contribution in [2.24, 2.45) is 5.92 Å². The fraction of sp³-hybridized carbons (Fsp3) is 0.200. The number of Topliss-reactive ketones (excluding diaryl/α,β-unsaturated/α-hetero) is 1. The molecule has 0 radical (unpaired) electrons. The first-order chi connectivity index (χ1) is 14.1. The first-order valence-electron chi connectivity index (χ1n) is 9.90. The Morgan fingerprint density at radius 2 is 1.28 bits per heavy atom. The number of hydrogen-bond acceptors (Lipinski definition) is 3. The molecule has 4 rings (SSSR count). The zero-order valence-electron chi connectivity index (χ0n) is 16.1. The molecule has 3 aromatic carbocycles. The van der Waals surface area contributed by atoms with E-state index in [2.05, 4.69) is 0 Å². The topological polar surface area (TPSA) is 57.6 Å². The van der Waals surface area contributed by atoms with Crippen LogP contribution in [0.4, 0.5) is 0 Å². The maximum atomic E-state index is 12.8. The number of phenolic OH excluding ortho intramolecular Hbond substituents is 1. The number of piperidine rings is 1. The Morgan fingerprint density at radius 1 is 0.724 bits per heavy atom. The molecule has 1 aliphatic rings. The second kappa shape index (κ2) is 8.31. The Kier molecular flexibility index (Phi) is 5.43. The van der Waals surface area contributed by atoms with Crippen LogP contribution in [0.5, 0.6) is 5.75 Å². The SMILES string of the molecule is O=C(c1ccc(O)cc1)C1CCN(C(=O)c2ccc(-c3ccccc3)cc2)CC1. The van der Waals surface area contributed by atoms with Gasteiger partial charge in [0, 0.05) is 30.1 Å². The fourth-order valence-electron chi connectivity index (χ4n) is 3.82. The van der Waals surface area contributed by atoms with E-state index in [4.69, 9.17) is 0 Å². The highest BCUT2D eigenvalue weighted by Crippen LogP contribution is 2.25. The largest absolute Gasteiger partial charge is 0.508 e. The van der Waals surface area contributed by atoms with Crippen LogP contribution in [0.2, 0.25) is 0 Å². The minimum absolute atomic E-state index is 0.0140. The molecule has 4 nitrogen and oxygen atoms in total. The summed E-state index contributed by atoms with van der Waals surface area (Å²) < 4.78 is 0. The number of amides is 1. The quantitative estimate of drug-likeness (QED) is 0.657. The summed E-state index contributed by atoms with van der Waals surface area (Å²) in [5.41, 5.74) is 3.50. The number of rotatable bonds is 4. The monoisotopic (exact) mass is 385 g/mol.